The fourth-order valence-corrected chi connectivity index (χ4v) is 1.74. The van der Waals surface area contributed by atoms with Gasteiger partial charge in [0.2, 0.25) is 0 Å². The Hall–Kier alpha value is 1.15. The standard InChI is InChI=1S/CN.2Cr.Cu.Na.7O/c1-2;;;;;;;;;;;/q-1;;;+2;+1;;;;;;2*-1. The molecule has 13 heavy (non-hydrogen) atoms. The Balaban J connectivity index is -0.0000000941. The van der Waals surface area contributed by atoms with E-state index in [1.54, 1.807) is 0 Å². The quantitative estimate of drug-likeness (QED) is 0.359. The Kier molecular flexibility index (Phi) is 17.7. The van der Waals surface area contributed by atoms with E-state index in [2.05, 4.69) is 2.84 Å². The van der Waals surface area contributed by atoms with Gasteiger partial charge in [0.1, 0.15) is 0 Å². The summed E-state index contributed by atoms with van der Waals surface area (Å²) >= 11 is -12.1. The molecule has 75 valence electrons. The van der Waals surface area contributed by atoms with Crippen molar-refractivity contribution < 1.29 is 100 Å². The topological polar surface area (TPSA) is 147 Å². The SMILES string of the molecule is [C-]#N.[Cu+2].[Na+].[O]=[Cr](=[O])([O-])[O][Cr](=[O])(=[O])[O-]. The van der Waals surface area contributed by atoms with Crippen LogP contribution in [0.1, 0.15) is 0 Å². The van der Waals surface area contributed by atoms with Crippen LogP contribution in [-0.2, 0) is 62.3 Å². The van der Waals surface area contributed by atoms with E-state index in [1.165, 1.54) is 0 Å². The molecule has 0 N–H and O–H groups in total. The Morgan fingerprint density at radius 3 is 1.15 bits per heavy atom. The monoisotopic (exact) mass is 328 g/mol. The molecule has 1 radical (unpaired) electrons. The van der Waals surface area contributed by atoms with Gasteiger partial charge in [0.15, 0.2) is 0 Å². The van der Waals surface area contributed by atoms with E-state index >= 15 is 0 Å². The molecule has 0 amide bonds. The van der Waals surface area contributed by atoms with Gasteiger partial charge in [-0.05, 0) is 0 Å². The number of hydrogen-bond donors (Lipinski definition) is 0. The molecular formula is CCr2CuNNaO7. The summed E-state index contributed by atoms with van der Waals surface area (Å²) in [6.07, 6.45) is 0. The van der Waals surface area contributed by atoms with Crippen LogP contribution in [0.2, 0.25) is 0 Å². The molecule has 0 aromatic carbocycles. The van der Waals surface area contributed by atoms with Gasteiger partial charge in [-0.25, -0.2) is 0 Å². The van der Waals surface area contributed by atoms with Gasteiger partial charge < -0.3 is 11.8 Å². The Morgan fingerprint density at radius 2 is 1.15 bits per heavy atom. The van der Waals surface area contributed by atoms with Gasteiger partial charge in [-0.2, -0.15) is 0 Å². The van der Waals surface area contributed by atoms with Crippen LogP contribution in [0.25, 0.3) is 0 Å². The number of nitrogens with zero attached hydrogens (tertiary/aromatic N) is 1. The maximum absolute atomic E-state index is 9.38. The molecule has 0 aliphatic heterocycles. The summed E-state index contributed by atoms with van der Waals surface area (Å²) in [7, 11) is 0. The van der Waals surface area contributed by atoms with E-state index in [-0.39, 0.29) is 46.6 Å². The number of rotatable bonds is 2. The first kappa shape index (κ1) is 23.8. The van der Waals surface area contributed by atoms with Crippen molar-refractivity contribution in [3.05, 3.63) is 6.57 Å². The van der Waals surface area contributed by atoms with Crippen LogP contribution in [0.4, 0.5) is 0 Å². The maximum atomic E-state index is 9.38. The van der Waals surface area contributed by atoms with Gasteiger partial charge in [-0.1, -0.05) is 0 Å². The molecule has 0 heterocycles. The van der Waals surface area contributed by atoms with Gasteiger partial charge in [0.05, 0.1) is 0 Å². The summed E-state index contributed by atoms with van der Waals surface area (Å²) in [5, 5.41) is 6.25. The second-order valence-electron chi connectivity index (χ2n) is 0.885. The molecule has 0 rings (SSSR count). The van der Waals surface area contributed by atoms with E-state index in [9.17, 15) is 23.5 Å². The predicted octanol–water partition coefficient (Wildman–Crippen LogP) is -5.83. The van der Waals surface area contributed by atoms with E-state index < -0.39 is 27.2 Å². The first-order chi connectivity index (χ1) is 4.71. The second kappa shape index (κ2) is 9.70. The summed E-state index contributed by atoms with van der Waals surface area (Å²) in [5.74, 6) is 0. The molecule has 0 aliphatic rings. The molecule has 12 heteroatoms. The molecule has 0 bridgehead atoms. The van der Waals surface area contributed by atoms with Crippen molar-refractivity contribution in [1.82, 2.24) is 0 Å². The zero-order chi connectivity index (χ0) is 9.71. The molecule has 0 spiro atoms. The van der Waals surface area contributed by atoms with Crippen LogP contribution < -0.4 is 37.9 Å². The molecule has 0 unspecified atom stereocenters. The van der Waals surface area contributed by atoms with Crippen molar-refractivity contribution in [3.63, 3.8) is 0 Å². The van der Waals surface area contributed by atoms with Crippen LogP contribution in [-0.4, -0.2) is 0 Å². The van der Waals surface area contributed by atoms with E-state index in [0.29, 0.717) is 0 Å². The summed E-state index contributed by atoms with van der Waals surface area (Å²) in [6.45, 7) is 4.75. The summed E-state index contributed by atoms with van der Waals surface area (Å²) in [5.41, 5.74) is 0. The third-order valence-corrected chi connectivity index (χ3v) is 2.83. The number of hydrogen-bond acceptors (Lipinski definition) is 8. The minimum atomic E-state index is -6.07. The second-order valence-corrected chi connectivity index (χ2v) is 4.52. The van der Waals surface area contributed by atoms with Crippen molar-refractivity contribution in [1.29, 1.82) is 5.26 Å². The molecule has 0 aromatic rings. The third kappa shape index (κ3) is 32.0. The molecule has 8 nitrogen and oxygen atoms in total. The average molecular weight is 329 g/mol. The van der Waals surface area contributed by atoms with Crippen molar-refractivity contribution in [3.8, 4) is 0 Å². The van der Waals surface area contributed by atoms with Crippen LogP contribution in [0, 0.1) is 11.8 Å². The van der Waals surface area contributed by atoms with Gasteiger partial charge in [0, 0.05) is 0 Å². The summed E-state index contributed by atoms with van der Waals surface area (Å²) in [6, 6.07) is 0. The van der Waals surface area contributed by atoms with E-state index in [4.69, 9.17) is 11.8 Å². The fraction of sp³-hybridized carbons (Fsp3) is 0. The Labute approximate surface area is 111 Å². The van der Waals surface area contributed by atoms with Gasteiger partial charge in [0.25, 0.3) is 0 Å². The third-order valence-electron chi connectivity index (χ3n) is 0.167. The first-order valence-corrected chi connectivity index (χ1v) is 5.72. The molecule has 0 saturated heterocycles. The zero-order valence-electron chi connectivity index (χ0n) is 5.92. The summed E-state index contributed by atoms with van der Waals surface area (Å²) in [4.78, 5) is 0. The minimum absolute atomic E-state index is 0. The predicted molar refractivity (Wildman–Crippen MR) is 8.80 cm³/mol. The van der Waals surface area contributed by atoms with Crippen molar-refractivity contribution in [2.45, 2.75) is 0 Å². The Bertz CT molecular complexity index is 286. The molecule has 0 aliphatic carbocycles. The first-order valence-electron chi connectivity index (χ1n) is 1.56. The van der Waals surface area contributed by atoms with Crippen LogP contribution in [0.15, 0.2) is 0 Å². The van der Waals surface area contributed by atoms with Crippen molar-refractivity contribution in [2.75, 3.05) is 0 Å². The zero-order valence-corrected chi connectivity index (χ0v) is 11.4. The Morgan fingerprint density at radius 1 is 1.00 bits per heavy atom. The van der Waals surface area contributed by atoms with Gasteiger partial charge >= 0.3 is 100 Å². The molecule has 0 fully saturated rings. The molecular weight excluding hydrogens is 329 g/mol. The average Bonchev–Trinajstić information content (AvgIpc) is 1.60. The molecule has 0 atom stereocenters. The molecule has 0 aromatic heterocycles. The van der Waals surface area contributed by atoms with E-state index in [1.807, 2.05) is 0 Å². The van der Waals surface area contributed by atoms with Crippen molar-refractivity contribution in [2.24, 2.45) is 0 Å². The molecule has 0 saturated carbocycles. The van der Waals surface area contributed by atoms with Crippen molar-refractivity contribution >= 4 is 0 Å². The van der Waals surface area contributed by atoms with Crippen LogP contribution >= 0.6 is 0 Å². The van der Waals surface area contributed by atoms with Gasteiger partial charge in [-0.3, -0.25) is 0 Å². The normalized spacial score (nSPS) is 9.54. The van der Waals surface area contributed by atoms with Gasteiger partial charge in [-0.15, -0.1) is 0 Å². The summed E-state index contributed by atoms with van der Waals surface area (Å²) < 4.78 is 58.9. The fourth-order valence-electron chi connectivity index (χ4n) is 0.102. The van der Waals surface area contributed by atoms with E-state index in [0.717, 1.165) is 0 Å². The van der Waals surface area contributed by atoms with Crippen LogP contribution in [0.5, 0.6) is 0 Å². The van der Waals surface area contributed by atoms with Crippen LogP contribution in [0.3, 0.4) is 0 Å².